The number of aryl methyl sites for hydroxylation is 3. The number of sulfonamides is 1. The highest BCUT2D eigenvalue weighted by Crippen LogP contribution is 2.29. The molecular weight excluding hydrogens is 374 g/mol. The molecule has 1 amide bonds. The van der Waals surface area contributed by atoms with Gasteiger partial charge in [0.2, 0.25) is 15.9 Å². The number of hydrogen-bond donors (Lipinski definition) is 1. The van der Waals surface area contributed by atoms with E-state index >= 15 is 0 Å². The van der Waals surface area contributed by atoms with Gasteiger partial charge in [0.25, 0.3) is 0 Å². The summed E-state index contributed by atoms with van der Waals surface area (Å²) < 4.78 is 27.5. The second-order valence-corrected chi connectivity index (χ2v) is 9.61. The molecule has 1 aromatic carbocycles. The number of rotatable bonds is 4. The number of nitrogens with zero attached hydrogens (tertiary/aromatic N) is 2. The fraction of sp³-hybridized carbons (Fsp3) is 0.429. The number of piperidine rings is 1. The van der Waals surface area contributed by atoms with Crippen molar-refractivity contribution in [3.05, 3.63) is 53.2 Å². The van der Waals surface area contributed by atoms with Gasteiger partial charge in [-0.15, -0.1) is 0 Å². The molecule has 1 aliphatic carbocycles. The van der Waals surface area contributed by atoms with E-state index in [2.05, 4.69) is 10.3 Å². The standard InChI is InChI=1S/C21H25N3O3S/c1-15-7-10-22-20(13-15)23-21(25)17-8-11-24(12-9-17)28(26,27)19-6-5-16-3-2-4-18(16)14-19/h5-7,10,13-14,17H,2-4,8-9,11-12H2,1H3,(H,22,23,25). The Balaban J connectivity index is 1.40. The minimum atomic E-state index is -3.51. The quantitative estimate of drug-likeness (QED) is 0.857. The van der Waals surface area contributed by atoms with Crippen molar-refractivity contribution in [1.82, 2.24) is 9.29 Å². The first kappa shape index (κ1) is 19.1. The number of amides is 1. The summed E-state index contributed by atoms with van der Waals surface area (Å²) >= 11 is 0. The van der Waals surface area contributed by atoms with Gasteiger partial charge >= 0.3 is 0 Å². The average Bonchev–Trinajstić information content (AvgIpc) is 3.16. The summed E-state index contributed by atoms with van der Waals surface area (Å²) in [6.07, 6.45) is 5.77. The molecule has 4 rings (SSSR count). The first-order valence-corrected chi connectivity index (χ1v) is 11.2. The lowest BCUT2D eigenvalue weighted by Crippen LogP contribution is -2.41. The van der Waals surface area contributed by atoms with E-state index in [0.717, 1.165) is 30.4 Å². The van der Waals surface area contributed by atoms with Crippen LogP contribution in [-0.4, -0.2) is 36.7 Å². The Hall–Kier alpha value is -2.25. The molecule has 2 heterocycles. The molecule has 0 unspecified atom stereocenters. The minimum absolute atomic E-state index is 0.0901. The molecule has 0 saturated carbocycles. The average molecular weight is 400 g/mol. The van der Waals surface area contributed by atoms with Crippen molar-refractivity contribution in [2.24, 2.45) is 5.92 Å². The Labute approximate surface area is 166 Å². The van der Waals surface area contributed by atoms with E-state index in [-0.39, 0.29) is 11.8 Å². The number of aromatic nitrogens is 1. The van der Waals surface area contributed by atoms with Crippen LogP contribution in [0, 0.1) is 12.8 Å². The van der Waals surface area contributed by atoms with Gasteiger partial charge in [-0.1, -0.05) is 6.07 Å². The van der Waals surface area contributed by atoms with Gasteiger partial charge in [-0.25, -0.2) is 13.4 Å². The zero-order valence-corrected chi connectivity index (χ0v) is 16.8. The normalized spacial score (nSPS) is 18.0. The molecule has 148 valence electrons. The SMILES string of the molecule is Cc1ccnc(NC(=O)C2CCN(S(=O)(=O)c3ccc4c(c3)CCC4)CC2)c1. The van der Waals surface area contributed by atoms with Crippen LogP contribution >= 0.6 is 0 Å². The van der Waals surface area contributed by atoms with Crippen LogP contribution in [0.2, 0.25) is 0 Å². The van der Waals surface area contributed by atoms with Gasteiger partial charge in [0, 0.05) is 25.2 Å². The van der Waals surface area contributed by atoms with Crippen LogP contribution in [0.15, 0.2) is 41.4 Å². The monoisotopic (exact) mass is 399 g/mol. The summed E-state index contributed by atoms with van der Waals surface area (Å²) in [6.45, 7) is 2.66. The summed E-state index contributed by atoms with van der Waals surface area (Å²) in [7, 11) is -3.51. The van der Waals surface area contributed by atoms with Gasteiger partial charge in [0.05, 0.1) is 4.90 Å². The maximum Gasteiger partial charge on any atom is 0.243 e. The summed E-state index contributed by atoms with van der Waals surface area (Å²) in [5.41, 5.74) is 3.45. The first-order chi connectivity index (χ1) is 13.4. The predicted octanol–water partition coefficient (Wildman–Crippen LogP) is 2.92. The lowest BCUT2D eigenvalue weighted by molar-refractivity contribution is -0.120. The second kappa shape index (κ2) is 7.64. The molecular formula is C21H25N3O3S. The van der Waals surface area contributed by atoms with E-state index in [1.54, 1.807) is 12.3 Å². The van der Waals surface area contributed by atoms with Gasteiger partial charge in [-0.3, -0.25) is 4.79 Å². The van der Waals surface area contributed by atoms with Crippen molar-refractivity contribution in [1.29, 1.82) is 0 Å². The molecule has 2 aromatic rings. The van der Waals surface area contributed by atoms with Gasteiger partial charge in [-0.2, -0.15) is 4.31 Å². The highest BCUT2D eigenvalue weighted by molar-refractivity contribution is 7.89. The number of fused-ring (bicyclic) bond motifs is 1. The van der Waals surface area contributed by atoms with Crippen LogP contribution in [0.25, 0.3) is 0 Å². The molecule has 0 radical (unpaired) electrons. The molecule has 0 atom stereocenters. The molecule has 1 saturated heterocycles. The zero-order valence-electron chi connectivity index (χ0n) is 16.0. The van der Waals surface area contributed by atoms with Crippen LogP contribution in [-0.2, 0) is 27.7 Å². The van der Waals surface area contributed by atoms with Crippen LogP contribution in [0.5, 0.6) is 0 Å². The van der Waals surface area contributed by atoms with Crippen molar-refractivity contribution in [2.75, 3.05) is 18.4 Å². The molecule has 1 aromatic heterocycles. The number of pyridine rings is 1. The Morgan fingerprint density at radius 3 is 2.61 bits per heavy atom. The number of benzene rings is 1. The number of carbonyl (C=O) groups is 1. The topological polar surface area (TPSA) is 79.4 Å². The smallest absolute Gasteiger partial charge is 0.243 e. The molecule has 7 heteroatoms. The summed E-state index contributed by atoms with van der Waals surface area (Å²) in [5, 5.41) is 2.85. The fourth-order valence-corrected chi connectivity index (χ4v) is 5.57. The van der Waals surface area contributed by atoms with Gasteiger partial charge < -0.3 is 5.32 Å². The van der Waals surface area contributed by atoms with Crippen LogP contribution in [0.4, 0.5) is 5.82 Å². The lowest BCUT2D eigenvalue weighted by atomic mass is 9.97. The van der Waals surface area contributed by atoms with Crippen LogP contribution in [0.1, 0.15) is 36.0 Å². The minimum Gasteiger partial charge on any atom is -0.310 e. The molecule has 2 aliphatic rings. The van der Waals surface area contributed by atoms with E-state index in [4.69, 9.17) is 0 Å². The maximum absolute atomic E-state index is 13.0. The Morgan fingerprint density at radius 1 is 1.11 bits per heavy atom. The first-order valence-electron chi connectivity index (χ1n) is 9.79. The highest BCUT2D eigenvalue weighted by Gasteiger charge is 2.32. The fourth-order valence-electron chi connectivity index (χ4n) is 4.05. The van der Waals surface area contributed by atoms with E-state index in [0.29, 0.717) is 36.6 Å². The Bertz CT molecular complexity index is 996. The number of hydrogen-bond acceptors (Lipinski definition) is 4. The Morgan fingerprint density at radius 2 is 1.86 bits per heavy atom. The lowest BCUT2D eigenvalue weighted by Gasteiger charge is -2.30. The van der Waals surface area contributed by atoms with E-state index in [1.165, 1.54) is 9.87 Å². The van der Waals surface area contributed by atoms with Crippen molar-refractivity contribution >= 4 is 21.7 Å². The van der Waals surface area contributed by atoms with Crippen molar-refractivity contribution < 1.29 is 13.2 Å². The molecule has 0 bridgehead atoms. The van der Waals surface area contributed by atoms with E-state index in [1.807, 2.05) is 31.2 Å². The number of anilines is 1. The van der Waals surface area contributed by atoms with Gasteiger partial charge in [0.1, 0.15) is 5.82 Å². The molecule has 0 spiro atoms. The van der Waals surface area contributed by atoms with Crippen molar-refractivity contribution in [2.45, 2.75) is 43.9 Å². The molecule has 28 heavy (non-hydrogen) atoms. The summed E-state index contributed by atoms with van der Waals surface area (Å²) in [5.74, 6) is 0.250. The van der Waals surface area contributed by atoms with E-state index < -0.39 is 10.0 Å². The highest BCUT2D eigenvalue weighted by atomic mass is 32.2. The molecule has 1 aliphatic heterocycles. The van der Waals surface area contributed by atoms with Crippen molar-refractivity contribution in [3.8, 4) is 0 Å². The second-order valence-electron chi connectivity index (χ2n) is 7.67. The predicted molar refractivity (Wildman–Crippen MR) is 108 cm³/mol. The summed E-state index contributed by atoms with van der Waals surface area (Å²) in [4.78, 5) is 17.0. The maximum atomic E-state index is 13.0. The van der Waals surface area contributed by atoms with Gasteiger partial charge in [-0.05, 0) is 80.0 Å². The number of nitrogens with one attached hydrogen (secondary N) is 1. The molecule has 1 N–H and O–H groups in total. The largest absolute Gasteiger partial charge is 0.310 e. The third-order valence-corrected chi connectivity index (χ3v) is 7.59. The Kier molecular flexibility index (Phi) is 5.21. The zero-order chi connectivity index (χ0) is 19.7. The third kappa shape index (κ3) is 3.82. The molecule has 6 nitrogen and oxygen atoms in total. The molecule has 1 fully saturated rings. The van der Waals surface area contributed by atoms with Gasteiger partial charge in [0.15, 0.2) is 0 Å². The summed E-state index contributed by atoms with van der Waals surface area (Å²) in [6, 6.07) is 9.20. The van der Waals surface area contributed by atoms with E-state index in [9.17, 15) is 13.2 Å². The van der Waals surface area contributed by atoms with Crippen LogP contribution in [0.3, 0.4) is 0 Å². The third-order valence-electron chi connectivity index (χ3n) is 5.70. The van der Waals surface area contributed by atoms with Crippen molar-refractivity contribution in [3.63, 3.8) is 0 Å². The number of carbonyl (C=O) groups excluding carboxylic acids is 1. The van der Waals surface area contributed by atoms with Crippen LogP contribution < -0.4 is 5.32 Å².